The minimum absolute atomic E-state index is 0. The van der Waals surface area contributed by atoms with Crippen LogP contribution in [0.4, 0.5) is 5.82 Å². The number of halogens is 1. The monoisotopic (exact) mass is 395 g/mol. The van der Waals surface area contributed by atoms with Crippen molar-refractivity contribution < 1.29 is 8.42 Å². The fraction of sp³-hybridized carbons (Fsp3) is 0.294. The van der Waals surface area contributed by atoms with E-state index in [4.69, 9.17) is 0 Å². The Hall–Kier alpha value is -2.16. The predicted octanol–water partition coefficient (Wildman–Crippen LogP) is 2.40. The Morgan fingerprint density at radius 2 is 1.85 bits per heavy atom. The maximum Gasteiger partial charge on any atom is 0.214 e. The number of aryl methyl sites for hydroxylation is 1. The lowest BCUT2D eigenvalue weighted by Gasteiger charge is -2.11. The van der Waals surface area contributed by atoms with Crippen LogP contribution in [0, 0.1) is 6.92 Å². The average Bonchev–Trinajstić information content (AvgIpc) is 2.94. The number of hydrogen-bond donors (Lipinski definition) is 1. The first-order valence-electron chi connectivity index (χ1n) is 7.86. The SMILES string of the molecule is CNc1nn2c(CN(C)C)cc(C)nc2c1S(=O)(=O)c1ccccc1.Cl. The van der Waals surface area contributed by atoms with E-state index < -0.39 is 9.84 Å². The quantitative estimate of drug-likeness (QED) is 0.714. The fourth-order valence-electron chi connectivity index (χ4n) is 2.76. The van der Waals surface area contributed by atoms with Gasteiger partial charge in [-0.05, 0) is 39.2 Å². The predicted molar refractivity (Wildman–Crippen MR) is 104 cm³/mol. The molecule has 1 N–H and O–H groups in total. The van der Waals surface area contributed by atoms with Gasteiger partial charge in [0.25, 0.3) is 0 Å². The van der Waals surface area contributed by atoms with Crippen LogP contribution in [-0.2, 0) is 16.4 Å². The van der Waals surface area contributed by atoms with Crippen molar-refractivity contribution >= 4 is 33.7 Å². The van der Waals surface area contributed by atoms with E-state index in [0.717, 1.165) is 11.4 Å². The van der Waals surface area contributed by atoms with Gasteiger partial charge in [-0.2, -0.15) is 0 Å². The highest BCUT2D eigenvalue weighted by Gasteiger charge is 2.29. The highest BCUT2D eigenvalue weighted by molar-refractivity contribution is 7.91. The summed E-state index contributed by atoms with van der Waals surface area (Å²) in [7, 11) is 1.81. The summed E-state index contributed by atoms with van der Waals surface area (Å²) in [5.41, 5.74) is 1.96. The second-order valence-electron chi connectivity index (χ2n) is 6.11. The Morgan fingerprint density at radius 3 is 2.42 bits per heavy atom. The first-order valence-corrected chi connectivity index (χ1v) is 9.35. The molecule has 0 radical (unpaired) electrons. The fourth-order valence-corrected chi connectivity index (χ4v) is 4.28. The molecule has 140 valence electrons. The molecule has 0 aliphatic carbocycles. The van der Waals surface area contributed by atoms with E-state index in [1.54, 1.807) is 41.9 Å². The topological polar surface area (TPSA) is 79.6 Å². The van der Waals surface area contributed by atoms with E-state index in [0.29, 0.717) is 18.0 Å². The van der Waals surface area contributed by atoms with Crippen molar-refractivity contribution in [2.75, 3.05) is 26.5 Å². The second-order valence-corrected chi connectivity index (χ2v) is 7.99. The molecule has 0 atom stereocenters. The molecule has 0 fully saturated rings. The zero-order valence-electron chi connectivity index (χ0n) is 15.1. The van der Waals surface area contributed by atoms with Crippen molar-refractivity contribution in [3.8, 4) is 0 Å². The van der Waals surface area contributed by atoms with Crippen LogP contribution in [-0.4, -0.2) is 49.1 Å². The summed E-state index contributed by atoms with van der Waals surface area (Å²) in [5, 5.41) is 7.35. The van der Waals surface area contributed by atoms with Gasteiger partial charge in [0.15, 0.2) is 16.4 Å². The van der Waals surface area contributed by atoms with Crippen LogP contribution in [0.2, 0.25) is 0 Å². The molecule has 0 spiro atoms. The van der Waals surface area contributed by atoms with Gasteiger partial charge in [-0.3, -0.25) is 0 Å². The number of fused-ring (bicyclic) bond motifs is 1. The van der Waals surface area contributed by atoms with E-state index in [1.807, 2.05) is 32.0 Å². The molecular weight excluding hydrogens is 374 g/mol. The van der Waals surface area contributed by atoms with Crippen molar-refractivity contribution in [2.24, 2.45) is 0 Å². The van der Waals surface area contributed by atoms with Crippen molar-refractivity contribution in [2.45, 2.75) is 23.3 Å². The van der Waals surface area contributed by atoms with Crippen LogP contribution in [0.3, 0.4) is 0 Å². The number of anilines is 1. The molecule has 0 aliphatic rings. The van der Waals surface area contributed by atoms with E-state index in [9.17, 15) is 8.42 Å². The molecule has 0 bridgehead atoms. The number of hydrogen-bond acceptors (Lipinski definition) is 6. The van der Waals surface area contributed by atoms with Crippen molar-refractivity contribution in [3.63, 3.8) is 0 Å². The van der Waals surface area contributed by atoms with Gasteiger partial charge in [0.2, 0.25) is 9.84 Å². The number of nitrogens with zero attached hydrogens (tertiary/aromatic N) is 4. The normalized spacial score (nSPS) is 11.6. The number of rotatable bonds is 5. The van der Waals surface area contributed by atoms with E-state index in [2.05, 4.69) is 15.4 Å². The van der Waals surface area contributed by atoms with Crippen LogP contribution in [0.15, 0.2) is 46.2 Å². The van der Waals surface area contributed by atoms with Crippen molar-refractivity contribution in [1.29, 1.82) is 0 Å². The van der Waals surface area contributed by atoms with Crippen LogP contribution >= 0.6 is 12.4 Å². The second kappa shape index (κ2) is 7.61. The molecule has 0 saturated heterocycles. The number of sulfone groups is 1. The summed E-state index contributed by atoms with van der Waals surface area (Å²) in [6.45, 7) is 2.47. The van der Waals surface area contributed by atoms with Crippen molar-refractivity contribution in [1.82, 2.24) is 19.5 Å². The molecule has 3 rings (SSSR count). The van der Waals surface area contributed by atoms with Crippen LogP contribution in [0.25, 0.3) is 5.65 Å². The summed E-state index contributed by atoms with van der Waals surface area (Å²) < 4.78 is 28.0. The van der Waals surface area contributed by atoms with Crippen molar-refractivity contribution in [3.05, 3.63) is 47.8 Å². The average molecular weight is 396 g/mol. The van der Waals surface area contributed by atoms with Gasteiger partial charge >= 0.3 is 0 Å². The molecule has 26 heavy (non-hydrogen) atoms. The van der Waals surface area contributed by atoms with E-state index in [-0.39, 0.29) is 22.2 Å². The summed E-state index contributed by atoms with van der Waals surface area (Å²) in [6.07, 6.45) is 0. The summed E-state index contributed by atoms with van der Waals surface area (Å²) in [6, 6.07) is 10.3. The van der Waals surface area contributed by atoms with Gasteiger partial charge in [-0.1, -0.05) is 18.2 Å². The molecular formula is C17H22ClN5O2S. The van der Waals surface area contributed by atoms with Gasteiger partial charge in [0, 0.05) is 19.3 Å². The largest absolute Gasteiger partial charge is 0.370 e. The Bertz CT molecular complexity index is 1020. The molecule has 0 amide bonds. The molecule has 2 heterocycles. The summed E-state index contributed by atoms with van der Waals surface area (Å²) >= 11 is 0. The third-order valence-electron chi connectivity index (χ3n) is 3.79. The first-order chi connectivity index (χ1) is 11.8. The lowest BCUT2D eigenvalue weighted by atomic mass is 10.3. The molecule has 3 aromatic rings. The highest BCUT2D eigenvalue weighted by atomic mass is 35.5. The molecule has 0 saturated carbocycles. The Kier molecular flexibility index (Phi) is 5.90. The number of nitrogens with one attached hydrogen (secondary N) is 1. The zero-order valence-corrected chi connectivity index (χ0v) is 16.7. The lowest BCUT2D eigenvalue weighted by Crippen LogP contribution is -2.15. The summed E-state index contributed by atoms with van der Waals surface area (Å²) in [5.74, 6) is 0.293. The van der Waals surface area contributed by atoms with E-state index in [1.165, 1.54) is 0 Å². The van der Waals surface area contributed by atoms with E-state index >= 15 is 0 Å². The highest BCUT2D eigenvalue weighted by Crippen LogP contribution is 2.31. The van der Waals surface area contributed by atoms with Gasteiger partial charge in [-0.25, -0.2) is 17.9 Å². The first kappa shape index (κ1) is 20.2. The van der Waals surface area contributed by atoms with Gasteiger partial charge < -0.3 is 10.2 Å². The molecule has 0 unspecified atom stereocenters. The smallest absolute Gasteiger partial charge is 0.214 e. The standard InChI is InChI=1S/C17H21N5O2S.ClH/c1-12-10-13(11-21(3)4)22-17(19-12)15(16(18-2)20-22)25(23,24)14-8-6-5-7-9-14;/h5-10H,11H2,1-4H3,(H,18,20);1H. The molecule has 1 aromatic carbocycles. The minimum Gasteiger partial charge on any atom is -0.370 e. The Balaban J connectivity index is 0.00000243. The zero-order chi connectivity index (χ0) is 18.2. The number of benzene rings is 1. The van der Waals surface area contributed by atoms with Crippen LogP contribution < -0.4 is 5.32 Å². The maximum absolute atomic E-state index is 13.2. The third kappa shape index (κ3) is 3.53. The Morgan fingerprint density at radius 1 is 1.19 bits per heavy atom. The van der Waals surface area contributed by atoms with Gasteiger partial charge in [-0.15, -0.1) is 17.5 Å². The third-order valence-corrected chi connectivity index (χ3v) is 5.59. The van der Waals surface area contributed by atoms with Crippen LogP contribution in [0.1, 0.15) is 11.4 Å². The lowest BCUT2D eigenvalue weighted by molar-refractivity contribution is 0.392. The van der Waals surface area contributed by atoms with Gasteiger partial charge in [0.1, 0.15) is 0 Å². The maximum atomic E-state index is 13.2. The molecule has 2 aromatic heterocycles. The molecule has 0 aliphatic heterocycles. The Labute approximate surface area is 159 Å². The van der Waals surface area contributed by atoms with Gasteiger partial charge in [0.05, 0.1) is 10.6 Å². The van der Waals surface area contributed by atoms with Crippen LogP contribution in [0.5, 0.6) is 0 Å². The molecule has 9 heteroatoms. The summed E-state index contributed by atoms with van der Waals surface area (Å²) in [4.78, 5) is 6.79. The molecule has 7 nitrogen and oxygen atoms in total. The number of aromatic nitrogens is 3. The minimum atomic E-state index is -3.75.